The van der Waals surface area contributed by atoms with Gasteiger partial charge in [0.1, 0.15) is 17.5 Å². The van der Waals surface area contributed by atoms with E-state index in [0.717, 1.165) is 163 Å². The summed E-state index contributed by atoms with van der Waals surface area (Å²) in [6.45, 7) is 42.9. The molecule has 570 valence electrons. The molecule has 19 atom stereocenters. The number of carboxylic acids is 1. The van der Waals surface area contributed by atoms with Crippen LogP contribution in [0.1, 0.15) is 379 Å². The average molecular weight is 1370 g/mol. The molecule has 0 unspecified atom stereocenters. The number of carbonyl (C=O) groups excluding carboxylic acids is 1. The zero-order chi connectivity index (χ0) is 68.9. The summed E-state index contributed by atoms with van der Waals surface area (Å²) in [5.74, 6) is 12.7. The summed E-state index contributed by atoms with van der Waals surface area (Å²) in [4.78, 5) is 22.9. The Balaban J connectivity index is 0.000000377. The molecule has 7 nitrogen and oxygen atoms in total. The van der Waals surface area contributed by atoms with Crippen molar-refractivity contribution in [2.45, 2.75) is 397 Å². The number of aliphatic carboxylic acids is 1. The molecule has 98 heavy (non-hydrogen) atoms. The molecule has 0 saturated heterocycles. The molecule has 0 radical (unpaired) electrons. The summed E-state index contributed by atoms with van der Waals surface area (Å²) < 4.78 is 12.3. The molecule has 9 rings (SSSR count). The van der Waals surface area contributed by atoms with Crippen LogP contribution >= 0.6 is 0 Å². The first kappa shape index (κ1) is 89.4. The van der Waals surface area contributed by atoms with E-state index in [-0.39, 0.29) is 71.7 Å². The molecule has 0 amide bonds. The summed E-state index contributed by atoms with van der Waals surface area (Å²) >= 11 is 0. The fourth-order valence-corrected chi connectivity index (χ4v) is 22.6. The second kappa shape index (κ2) is 39.9. The van der Waals surface area contributed by atoms with Crippen LogP contribution in [-0.2, 0) is 19.1 Å². The minimum Gasteiger partial charge on any atom is -0.515 e. The lowest BCUT2D eigenvalue weighted by Gasteiger charge is -2.58. The second-order valence-corrected chi connectivity index (χ2v) is 36.7. The topological polar surface area (TPSA) is 113 Å². The van der Waals surface area contributed by atoms with Crippen LogP contribution in [0.25, 0.3) is 0 Å². The molecule has 0 spiro atoms. The Hall–Kier alpha value is -2.80. The van der Waals surface area contributed by atoms with E-state index in [2.05, 4.69) is 136 Å². The van der Waals surface area contributed by atoms with E-state index < -0.39 is 5.97 Å². The molecule has 0 aromatic carbocycles. The molecule has 7 heteroatoms. The number of carboxylic acid groups (broad SMARTS) is 1. The molecule has 1 aliphatic heterocycles. The largest absolute Gasteiger partial charge is 0.515 e. The zero-order valence-corrected chi connectivity index (χ0v) is 64.3. The number of aliphatic hydroxyl groups excluding tert-OH is 2. The Morgan fingerprint density at radius 2 is 1.00 bits per heavy atom. The monoisotopic (exact) mass is 1370 g/mol. The molecular formula is C91H164O7. The lowest BCUT2D eigenvalue weighted by atomic mass is 9.47. The number of ether oxygens (including phenoxy) is 2. The van der Waals surface area contributed by atoms with Crippen molar-refractivity contribution in [1.29, 1.82) is 0 Å². The molecular weight excluding hydrogens is 1200 g/mol. The number of carbonyl (C=O) groups is 2. The number of esters is 1. The van der Waals surface area contributed by atoms with Gasteiger partial charge in [-0.3, -0.25) is 9.59 Å². The van der Waals surface area contributed by atoms with Crippen LogP contribution in [0.15, 0.2) is 58.1 Å². The van der Waals surface area contributed by atoms with Crippen molar-refractivity contribution in [1.82, 2.24) is 0 Å². The molecule has 8 aliphatic carbocycles. The van der Waals surface area contributed by atoms with Crippen LogP contribution in [0.4, 0.5) is 0 Å². The lowest BCUT2D eigenvalue weighted by molar-refractivity contribution is -0.154. The van der Waals surface area contributed by atoms with Crippen molar-refractivity contribution in [3.05, 3.63) is 58.1 Å². The third-order valence-electron chi connectivity index (χ3n) is 28.6. The van der Waals surface area contributed by atoms with E-state index in [0.29, 0.717) is 16.2 Å². The van der Waals surface area contributed by atoms with Crippen LogP contribution in [-0.4, -0.2) is 45.1 Å². The van der Waals surface area contributed by atoms with E-state index in [1.165, 1.54) is 172 Å². The van der Waals surface area contributed by atoms with Crippen molar-refractivity contribution in [3.8, 4) is 0 Å². The number of aliphatic hydroxyl groups is 2. The first-order chi connectivity index (χ1) is 44.4. The minimum atomic E-state index is -0.942. The predicted octanol–water partition coefficient (Wildman–Crippen LogP) is 27.4. The maximum absolute atomic E-state index is 12.1. The number of hydrogen-bond donors (Lipinski definition) is 3. The van der Waals surface area contributed by atoms with Crippen molar-refractivity contribution in [2.24, 2.45) is 110 Å². The van der Waals surface area contributed by atoms with Crippen LogP contribution in [0.5, 0.6) is 0 Å². The highest BCUT2D eigenvalue weighted by Gasteiger charge is 2.61. The quantitative estimate of drug-likeness (QED) is 0.0406. The fraction of sp³-hybridized carbons (Fsp3) is 0.868. The first-order valence-corrected chi connectivity index (χ1v) is 40.3. The fourth-order valence-electron chi connectivity index (χ4n) is 22.6. The summed E-state index contributed by atoms with van der Waals surface area (Å²) in [7, 11) is 0. The highest BCUT2D eigenvalue weighted by Crippen LogP contribution is 2.69. The van der Waals surface area contributed by atoms with Crippen molar-refractivity contribution in [3.63, 3.8) is 0 Å². The van der Waals surface area contributed by atoms with Gasteiger partial charge in [-0.2, -0.15) is 0 Å². The van der Waals surface area contributed by atoms with Gasteiger partial charge in [0.05, 0.1) is 25.2 Å². The number of hydrogen-bond acceptors (Lipinski definition) is 6. The minimum absolute atomic E-state index is 0. The van der Waals surface area contributed by atoms with Crippen molar-refractivity contribution < 1.29 is 34.4 Å². The SMILES string of the molecule is C.C.C.C.C/C=C(\C)C1=C(/C(C)=C/O)CC[C@@](C)(CCC[C@H](C)CCC[C@H](C)CCCC(C)C)O1.CC(C)CCC[C@@H](C)[C@H]1CC[C@H]2[C@@H]3CC=C4C[C@@H](O)CC[C@]4(C)[C@H]3CC[C@]12C.CC(C)CCC[C@@H](C)[C@H]1CC[C@H]2[C@@H]3CC=C4C[C@@H](OC(=O)CCC(=O)O)CC[C@]4(C)[C@H]3CC[C@]12C. The van der Waals surface area contributed by atoms with Gasteiger partial charge in [-0.15, -0.1) is 0 Å². The predicted molar refractivity (Wildman–Crippen MR) is 422 cm³/mol. The highest BCUT2D eigenvalue weighted by atomic mass is 16.5. The molecule has 1 heterocycles. The Morgan fingerprint density at radius 3 is 1.46 bits per heavy atom. The summed E-state index contributed by atoms with van der Waals surface area (Å²) in [6.07, 6.45) is 50.5. The highest BCUT2D eigenvalue weighted by molar-refractivity contribution is 5.76. The third-order valence-corrected chi connectivity index (χ3v) is 28.6. The normalized spacial score (nSPS) is 34.5. The van der Waals surface area contributed by atoms with Crippen LogP contribution in [0, 0.1) is 110 Å². The van der Waals surface area contributed by atoms with E-state index >= 15 is 0 Å². The average Bonchev–Trinajstić information content (AvgIpc) is 1.38. The maximum Gasteiger partial charge on any atom is 0.306 e. The van der Waals surface area contributed by atoms with Crippen molar-refractivity contribution in [2.75, 3.05) is 0 Å². The maximum atomic E-state index is 12.1. The Kier molecular flexibility index (Phi) is 36.4. The Labute approximate surface area is 608 Å². The zero-order valence-electron chi connectivity index (χ0n) is 64.3. The van der Waals surface area contributed by atoms with Crippen LogP contribution in [0.3, 0.4) is 0 Å². The number of allylic oxidation sites excluding steroid dienone is 6. The summed E-state index contributed by atoms with van der Waals surface area (Å²) in [6, 6.07) is 0. The van der Waals surface area contributed by atoms with E-state index in [1.807, 2.05) is 6.92 Å². The van der Waals surface area contributed by atoms with E-state index in [9.17, 15) is 19.8 Å². The van der Waals surface area contributed by atoms with Gasteiger partial charge in [0, 0.05) is 12.0 Å². The molecule has 0 aromatic heterocycles. The third kappa shape index (κ3) is 22.4. The summed E-state index contributed by atoms with van der Waals surface area (Å²) in [5.41, 5.74) is 8.03. The Morgan fingerprint density at radius 1 is 0.551 bits per heavy atom. The molecule has 0 bridgehead atoms. The molecule has 6 saturated carbocycles. The molecule has 9 aliphatic rings. The van der Waals surface area contributed by atoms with Gasteiger partial charge in [0.25, 0.3) is 0 Å². The van der Waals surface area contributed by atoms with Gasteiger partial charge < -0.3 is 24.8 Å². The van der Waals surface area contributed by atoms with Gasteiger partial charge in [0.15, 0.2) is 0 Å². The summed E-state index contributed by atoms with van der Waals surface area (Å²) in [5, 5.41) is 28.5. The lowest BCUT2D eigenvalue weighted by Crippen LogP contribution is -2.51. The standard InChI is InChI=1S/C31H50O4.C29H52O2.C27H46O.4CH4/c1-20(2)7-6-8-21(3)25-11-12-26-24-10-9-22-19-23(35-29(34)14-13-28(32)33)15-17-30(22,4)27(24)16-18-31(25,26)5;1-9-25(6)28-27(26(7)21-30)18-20-29(8,31-28)19-12-17-24(5)16-11-15-23(4)14-10-13-22(2)3;1-18(2)7-6-8-19(3)23-11-12-24-22-10-9-20-17-21(28)13-15-26(20,4)25(22)14-16-27(23,24)5;;;;/h9,20-21,23-27H,6-8,10-19H2,1-5H3,(H,32,33);9,21-24,30H,10-20H2,1-8H3;9,18-19,21-25,28H,6-8,10-17H2,1-5H3;4*1H4/b;25-9+,26-21+;;;;;/t21-,23+,24+,25-,26+,27+,30+,31-;23-,24-,29-;19-,21+,22+,23-,24+,25+,26+,27-;;;;/m111..../s1. The number of fused-ring (bicyclic) bond motifs is 10. The number of rotatable bonds is 28. The molecule has 6 fully saturated rings. The smallest absolute Gasteiger partial charge is 0.306 e. The first-order valence-electron chi connectivity index (χ1n) is 40.3. The van der Waals surface area contributed by atoms with Crippen LogP contribution < -0.4 is 0 Å². The van der Waals surface area contributed by atoms with E-state index in [4.69, 9.17) is 14.6 Å². The van der Waals surface area contributed by atoms with Gasteiger partial charge in [-0.1, -0.05) is 239 Å². The van der Waals surface area contributed by atoms with Gasteiger partial charge in [0.2, 0.25) is 0 Å². The van der Waals surface area contributed by atoms with Gasteiger partial charge in [-0.25, -0.2) is 0 Å². The van der Waals surface area contributed by atoms with Gasteiger partial charge >= 0.3 is 11.9 Å². The molecule has 0 aromatic rings. The Bertz CT molecular complexity index is 2560. The molecule has 3 N–H and O–H groups in total. The van der Waals surface area contributed by atoms with E-state index in [1.54, 1.807) is 5.57 Å². The van der Waals surface area contributed by atoms with Gasteiger partial charge in [-0.05, 0) is 271 Å². The second-order valence-electron chi connectivity index (χ2n) is 36.7. The van der Waals surface area contributed by atoms with Crippen molar-refractivity contribution >= 4 is 11.9 Å². The van der Waals surface area contributed by atoms with Crippen LogP contribution in [0.2, 0.25) is 0 Å².